The van der Waals surface area contributed by atoms with E-state index < -0.39 is 5.82 Å². The maximum atomic E-state index is 13.8. The van der Waals surface area contributed by atoms with Gasteiger partial charge in [-0.1, -0.05) is 0 Å². The van der Waals surface area contributed by atoms with Crippen molar-refractivity contribution in [1.82, 2.24) is 4.98 Å². The Morgan fingerprint density at radius 3 is 2.84 bits per heavy atom. The molecule has 0 amide bonds. The molecule has 19 heavy (non-hydrogen) atoms. The van der Waals surface area contributed by atoms with Crippen molar-refractivity contribution in [3.63, 3.8) is 0 Å². The molecule has 2 N–H and O–H groups in total. The highest BCUT2D eigenvalue weighted by molar-refractivity contribution is 5.57. The molecule has 0 aliphatic rings. The van der Waals surface area contributed by atoms with Crippen LogP contribution in [0.3, 0.4) is 0 Å². The van der Waals surface area contributed by atoms with Gasteiger partial charge in [-0.15, -0.1) is 0 Å². The first-order valence-electron chi connectivity index (χ1n) is 6.21. The summed E-state index contributed by atoms with van der Waals surface area (Å²) in [5, 5.41) is 0. The molecule has 0 spiro atoms. The number of halogens is 1. The van der Waals surface area contributed by atoms with Crippen molar-refractivity contribution in [3.05, 3.63) is 36.1 Å². The normalized spacial score (nSPS) is 11.0. The van der Waals surface area contributed by atoms with E-state index in [1.165, 1.54) is 6.07 Å². The predicted molar refractivity (Wildman–Crippen MR) is 70.4 cm³/mol. The van der Waals surface area contributed by atoms with E-state index >= 15 is 0 Å². The number of rotatable bonds is 5. The molecular weight excluding hydrogens is 247 g/mol. The molecule has 5 heteroatoms. The monoisotopic (exact) mass is 264 g/mol. The third-order valence-corrected chi connectivity index (χ3v) is 2.49. The third kappa shape index (κ3) is 3.32. The quantitative estimate of drug-likeness (QED) is 0.902. The van der Waals surface area contributed by atoms with E-state index in [2.05, 4.69) is 4.98 Å². The number of hydrogen-bond acceptors (Lipinski definition) is 4. The molecule has 0 atom stereocenters. The fourth-order valence-corrected chi connectivity index (χ4v) is 1.69. The van der Waals surface area contributed by atoms with Crippen molar-refractivity contribution in [2.75, 3.05) is 6.54 Å². The molecule has 0 saturated heterocycles. The topological polar surface area (TPSA) is 61.3 Å². The second kappa shape index (κ2) is 5.84. The zero-order valence-electron chi connectivity index (χ0n) is 11.0. The zero-order chi connectivity index (χ0) is 13.8. The van der Waals surface area contributed by atoms with Crippen molar-refractivity contribution >= 4 is 0 Å². The first kappa shape index (κ1) is 13.5. The van der Waals surface area contributed by atoms with Gasteiger partial charge in [0, 0.05) is 18.5 Å². The smallest absolute Gasteiger partial charge is 0.196 e. The standard InChI is InChI=1S/C14H17FN2O2/c1-9(2)18-12-4-3-10(7-11(12)15)13-8-17-14(19-13)5-6-16/h3-4,7-9H,5-6,16H2,1-2H3. The lowest BCUT2D eigenvalue weighted by Crippen LogP contribution is -2.06. The maximum Gasteiger partial charge on any atom is 0.196 e. The Hall–Kier alpha value is -1.88. The Kier molecular flexibility index (Phi) is 4.16. The molecular formula is C14H17FN2O2. The lowest BCUT2D eigenvalue weighted by atomic mass is 10.2. The minimum absolute atomic E-state index is 0.0678. The second-order valence-corrected chi connectivity index (χ2v) is 4.47. The molecule has 0 aliphatic carbocycles. The van der Waals surface area contributed by atoms with Gasteiger partial charge in [-0.25, -0.2) is 9.37 Å². The molecule has 1 aromatic heterocycles. The highest BCUT2D eigenvalue weighted by Crippen LogP contribution is 2.26. The zero-order valence-corrected chi connectivity index (χ0v) is 11.0. The van der Waals surface area contributed by atoms with Crippen LogP contribution in [-0.4, -0.2) is 17.6 Å². The number of ether oxygens (including phenoxy) is 1. The van der Waals surface area contributed by atoms with Crippen LogP contribution < -0.4 is 10.5 Å². The van der Waals surface area contributed by atoms with Gasteiger partial charge >= 0.3 is 0 Å². The van der Waals surface area contributed by atoms with Gasteiger partial charge in [0.15, 0.2) is 23.2 Å². The third-order valence-electron chi connectivity index (χ3n) is 2.49. The van der Waals surface area contributed by atoms with Crippen LogP contribution in [0, 0.1) is 5.82 Å². The SMILES string of the molecule is CC(C)Oc1ccc(-c2cnc(CCN)o2)cc1F. The molecule has 2 aromatic rings. The molecule has 0 radical (unpaired) electrons. The van der Waals surface area contributed by atoms with Crippen LogP contribution in [0.4, 0.5) is 4.39 Å². The number of oxazole rings is 1. The molecule has 102 valence electrons. The van der Waals surface area contributed by atoms with Gasteiger partial charge in [0.25, 0.3) is 0 Å². The molecule has 0 aliphatic heterocycles. The summed E-state index contributed by atoms with van der Waals surface area (Å²) in [6, 6.07) is 4.72. The highest BCUT2D eigenvalue weighted by Gasteiger charge is 2.11. The number of aromatic nitrogens is 1. The van der Waals surface area contributed by atoms with E-state index in [0.29, 0.717) is 30.2 Å². The minimum atomic E-state index is -0.414. The molecule has 0 unspecified atom stereocenters. The number of hydrogen-bond donors (Lipinski definition) is 1. The van der Waals surface area contributed by atoms with Gasteiger partial charge in [0.05, 0.1) is 12.3 Å². The van der Waals surface area contributed by atoms with E-state index in [1.54, 1.807) is 18.3 Å². The average Bonchev–Trinajstić information content (AvgIpc) is 2.80. The maximum absolute atomic E-state index is 13.8. The molecule has 0 bridgehead atoms. The van der Waals surface area contributed by atoms with E-state index in [9.17, 15) is 4.39 Å². The fraction of sp³-hybridized carbons (Fsp3) is 0.357. The molecule has 0 fully saturated rings. The Labute approximate surface area is 111 Å². The summed E-state index contributed by atoms with van der Waals surface area (Å²) in [7, 11) is 0. The lowest BCUT2D eigenvalue weighted by molar-refractivity contribution is 0.231. The van der Waals surface area contributed by atoms with Crippen LogP contribution in [0.25, 0.3) is 11.3 Å². The van der Waals surface area contributed by atoms with Gasteiger partial charge in [0.2, 0.25) is 0 Å². The van der Waals surface area contributed by atoms with Crippen molar-refractivity contribution in [2.45, 2.75) is 26.4 Å². The van der Waals surface area contributed by atoms with Crippen LogP contribution in [0.5, 0.6) is 5.75 Å². The van der Waals surface area contributed by atoms with Gasteiger partial charge in [-0.2, -0.15) is 0 Å². The van der Waals surface area contributed by atoms with Gasteiger partial charge in [-0.3, -0.25) is 0 Å². The largest absolute Gasteiger partial charge is 0.488 e. The summed E-state index contributed by atoms with van der Waals surface area (Å²) in [5.74, 6) is 0.905. The van der Waals surface area contributed by atoms with Crippen LogP contribution in [-0.2, 0) is 6.42 Å². The fourth-order valence-electron chi connectivity index (χ4n) is 1.69. The molecule has 0 saturated carbocycles. The van der Waals surface area contributed by atoms with Gasteiger partial charge in [0.1, 0.15) is 0 Å². The van der Waals surface area contributed by atoms with E-state index in [1.807, 2.05) is 13.8 Å². The van der Waals surface area contributed by atoms with Crippen LogP contribution in [0.1, 0.15) is 19.7 Å². The summed E-state index contributed by atoms with van der Waals surface area (Å²) in [6.45, 7) is 4.17. The molecule has 1 heterocycles. The Balaban J connectivity index is 2.22. The van der Waals surface area contributed by atoms with Crippen LogP contribution >= 0.6 is 0 Å². The Morgan fingerprint density at radius 2 is 2.21 bits per heavy atom. The van der Waals surface area contributed by atoms with Gasteiger partial charge < -0.3 is 14.9 Å². The Bertz CT molecular complexity index is 552. The summed E-state index contributed by atoms with van der Waals surface area (Å²) in [5.41, 5.74) is 6.05. The highest BCUT2D eigenvalue weighted by atomic mass is 19.1. The molecule has 2 rings (SSSR count). The summed E-state index contributed by atoms with van der Waals surface area (Å²) in [6.07, 6.45) is 2.07. The minimum Gasteiger partial charge on any atom is -0.488 e. The number of nitrogens with two attached hydrogens (primary N) is 1. The second-order valence-electron chi connectivity index (χ2n) is 4.47. The number of nitrogens with zero attached hydrogens (tertiary/aromatic N) is 1. The average molecular weight is 264 g/mol. The number of benzene rings is 1. The lowest BCUT2D eigenvalue weighted by Gasteiger charge is -2.10. The van der Waals surface area contributed by atoms with E-state index in [0.717, 1.165) is 0 Å². The van der Waals surface area contributed by atoms with Crippen molar-refractivity contribution in [3.8, 4) is 17.1 Å². The van der Waals surface area contributed by atoms with Gasteiger partial charge in [-0.05, 0) is 32.0 Å². The van der Waals surface area contributed by atoms with E-state index in [-0.39, 0.29) is 11.9 Å². The van der Waals surface area contributed by atoms with Crippen LogP contribution in [0.15, 0.2) is 28.8 Å². The predicted octanol–water partition coefficient (Wildman–Crippen LogP) is 2.77. The van der Waals surface area contributed by atoms with E-state index in [4.69, 9.17) is 14.9 Å². The molecule has 1 aromatic carbocycles. The summed E-state index contributed by atoms with van der Waals surface area (Å²) in [4.78, 5) is 4.08. The van der Waals surface area contributed by atoms with Crippen molar-refractivity contribution in [2.24, 2.45) is 5.73 Å². The van der Waals surface area contributed by atoms with Crippen LogP contribution in [0.2, 0.25) is 0 Å². The first-order chi connectivity index (χ1) is 9.10. The molecule has 4 nitrogen and oxygen atoms in total. The first-order valence-corrected chi connectivity index (χ1v) is 6.21. The van der Waals surface area contributed by atoms with Crippen molar-refractivity contribution < 1.29 is 13.5 Å². The van der Waals surface area contributed by atoms with Crippen molar-refractivity contribution in [1.29, 1.82) is 0 Å². The summed E-state index contributed by atoms with van der Waals surface area (Å²) < 4.78 is 24.7. The summed E-state index contributed by atoms with van der Waals surface area (Å²) >= 11 is 0. The Morgan fingerprint density at radius 1 is 1.42 bits per heavy atom.